The Morgan fingerprint density at radius 2 is 2.24 bits per heavy atom. The van der Waals surface area contributed by atoms with Crippen LogP contribution in [0.4, 0.5) is 4.79 Å². The molecule has 1 unspecified atom stereocenters. The minimum atomic E-state index is -0.855. The molecule has 21 heavy (non-hydrogen) atoms. The zero-order valence-corrected chi connectivity index (χ0v) is 12.2. The fraction of sp³-hybridized carbons (Fsp3) is 0.533. The molecule has 0 radical (unpaired) electrons. The van der Waals surface area contributed by atoms with Crippen molar-refractivity contribution in [3.05, 3.63) is 30.1 Å². The van der Waals surface area contributed by atoms with Gasteiger partial charge in [-0.1, -0.05) is 6.07 Å². The van der Waals surface area contributed by atoms with Crippen molar-refractivity contribution in [2.24, 2.45) is 0 Å². The minimum absolute atomic E-state index is 0.0170. The van der Waals surface area contributed by atoms with Gasteiger partial charge in [0, 0.05) is 25.8 Å². The third-order valence-corrected chi connectivity index (χ3v) is 3.73. The number of carbonyl (C=O) groups is 2. The molecule has 1 N–H and O–H groups in total. The SMILES string of the molecule is CN(Cc1ccccn1)C(=O)N1CCCCC1CC(=O)O. The molecule has 0 saturated carbocycles. The fourth-order valence-electron chi connectivity index (χ4n) is 2.69. The van der Waals surface area contributed by atoms with Crippen molar-refractivity contribution in [3.8, 4) is 0 Å². The van der Waals surface area contributed by atoms with Crippen LogP contribution in [-0.4, -0.2) is 51.5 Å². The number of carboxylic acids is 1. The summed E-state index contributed by atoms with van der Waals surface area (Å²) >= 11 is 0. The lowest BCUT2D eigenvalue weighted by molar-refractivity contribution is -0.138. The van der Waals surface area contributed by atoms with Gasteiger partial charge in [0.05, 0.1) is 18.7 Å². The number of urea groups is 1. The van der Waals surface area contributed by atoms with Crippen molar-refractivity contribution in [2.45, 2.75) is 38.3 Å². The normalized spacial score (nSPS) is 18.3. The van der Waals surface area contributed by atoms with Gasteiger partial charge in [0.2, 0.25) is 0 Å². The van der Waals surface area contributed by atoms with E-state index < -0.39 is 5.97 Å². The number of hydrogen-bond donors (Lipinski definition) is 1. The first-order chi connectivity index (χ1) is 10.1. The molecule has 6 heteroatoms. The predicted molar refractivity (Wildman–Crippen MR) is 77.7 cm³/mol. The Kier molecular flexibility index (Phi) is 5.14. The van der Waals surface area contributed by atoms with Crippen LogP contribution in [0.1, 0.15) is 31.4 Å². The first-order valence-electron chi connectivity index (χ1n) is 7.21. The second-order valence-corrected chi connectivity index (χ2v) is 5.40. The maximum atomic E-state index is 12.5. The Labute approximate surface area is 124 Å². The standard InChI is InChI=1S/C15H21N3O3/c1-17(11-12-6-2-4-8-16-12)15(21)18-9-5-3-7-13(18)10-14(19)20/h2,4,6,8,13H,3,5,7,9-11H2,1H3,(H,19,20). The van der Waals surface area contributed by atoms with Gasteiger partial charge < -0.3 is 14.9 Å². The first kappa shape index (κ1) is 15.3. The molecule has 0 bridgehead atoms. The molecular weight excluding hydrogens is 270 g/mol. The summed E-state index contributed by atoms with van der Waals surface area (Å²) in [6, 6.07) is 5.27. The smallest absolute Gasteiger partial charge is 0.320 e. The predicted octanol–water partition coefficient (Wildman–Crippen LogP) is 1.96. The molecule has 2 heterocycles. The molecule has 1 aliphatic rings. The zero-order chi connectivity index (χ0) is 15.2. The molecular formula is C15H21N3O3. The van der Waals surface area contributed by atoms with E-state index in [2.05, 4.69) is 4.98 Å². The zero-order valence-electron chi connectivity index (χ0n) is 12.2. The van der Waals surface area contributed by atoms with Crippen molar-refractivity contribution in [3.63, 3.8) is 0 Å². The van der Waals surface area contributed by atoms with Gasteiger partial charge in [0.15, 0.2) is 0 Å². The summed E-state index contributed by atoms with van der Waals surface area (Å²) in [5, 5.41) is 8.98. The van der Waals surface area contributed by atoms with Gasteiger partial charge in [-0.25, -0.2) is 4.79 Å². The number of hydrogen-bond acceptors (Lipinski definition) is 3. The van der Waals surface area contributed by atoms with Crippen LogP contribution in [0.5, 0.6) is 0 Å². The molecule has 0 aliphatic carbocycles. The Balaban J connectivity index is 2.00. The van der Waals surface area contributed by atoms with Gasteiger partial charge in [-0.05, 0) is 31.4 Å². The Morgan fingerprint density at radius 3 is 2.90 bits per heavy atom. The van der Waals surface area contributed by atoms with E-state index in [0.29, 0.717) is 13.1 Å². The van der Waals surface area contributed by atoms with E-state index in [0.717, 1.165) is 25.0 Å². The number of carboxylic acid groups (broad SMARTS) is 1. The maximum absolute atomic E-state index is 12.5. The number of amides is 2. The molecule has 1 aromatic heterocycles. The Morgan fingerprint density at radius 1 is 1.43 bits per heavy atom. The largest absolute Gasteiger partial charge is 0.481 e. The number of aromatic nitrogens is 1. The maximum Gasteiger partial charge on any atom is 0.320 e. The number of rotatable bonds is 4. The summed E-state index contributed by atoms with van der Waals surface area (Å²) in [6.07, 6.45) is 4.38. The van der Waals surface area contributed by atoms with E-state index in [-0.39, 0.29) is 18.5 Å². The van der Waals surface area contributed by atoms with Crippen LogP contribution < -0.4 is 0 Å². The van der Waals surface area contributed by atoms with Gasteiger partial charge in [-0.2, -0.15) is 0 Å². The fourth-order valence-corrected chi connectivity index (χ4v) is 2.69. The summed E-state index contributed by atoms with van der Waals surface area (Å²) in [5.41, 5.74) is 0.820. The van der Waals surface area contributed by atoms with Gasteiger partial charge in [0.25, 0.3) is 0 Å². The molecule has 1 aromatic rings. The van der Waals surface area contributed by atoms with Crippen LogP contribution >= 0.6 is 0 Å². The third-order valence-electron chi connectivity index (χ3n) is 3.73. The first-order valence-corrected chi connectivity index (χ1v) is 7.21. The number of carbonyl (C=O) groups excluding carboxylic acids is 1. The highest BCUT2D eigenvalue weighted by atomic mass is 16.4. The molecule has 1 saturated heterocycles. The molecule has 2 amide bonds. The van der Waals surface area contributed by atoms with Crippen molar-refractivity contribution in [1.82, 2.24) is 14.8 Å². The number of pyridine rings is 1. The second-order valence-electron chi connectivity index (χ2n) is 5.40. The summed E-state index contributed by atoms with van der Waals surface area (Å²) < 4.78 is 0. The van der Waals surface area contributed by atoms with E-state index in [1.54, 1.807) is 23.0 Å². The Hall–Kier alpha value is -2.11. The quantitative estimate of drug-likeness (QED) is 0.920. The number of nitrogens with zero attached hydrogens (tertiary/aromatic N) is 3. The third kappa shape index (κ3) is 4.18. The van der Waals surface area contributed by atoms with E-state index in [1.165, 1.54) is 0 Å². The van der Waals surface area contributed by atoms with Gasteiger partial charge in [-0.3, -0.25) is 9.78 Å². The van der Waals surface area contributed by atoms with Crippen LogP contribution in [0.2, 0.25) is 0 Å². The summed E-state index contributed by atoms with van der Waals surface area (Å²) in [6.45, 7) is 1.05. The lowest BCUT2D eigenvalue weighted by Gasteiger charge is -2.37. The Bertz CT molecular complexity index is 492. The highest BCUT2D eigenvalue weighted by Gasteiger charge is 2.30. The van der Waals surface area contributed by atoms with E-state index >= 15 is 0 Å². The van der Waals surface area contributed by atoms with E-state index in [4.69, 9.17) is 5.11 Å². The van der Waals surface area contributed by atoms with Crippen LogP contribution in [0.25, 0.3) is 0 Å². The van der Waals surface area contributed by atoms with Crippen LogP contribution in [0.3, 0.4) is 0 Å². The monoisotopic (exact) mass is 291 g/mol. The molecule has 114 valence electrons. The molecule has 1 fully saturated rings. The second kappa shape index (κ2) is 7.06. The minimum Gasteiger partial charge on any atom is -0.481 e. The highest BCUT2D eigenvalue weighted by Crippen LogP contribution is 2.21. The number of piperidine rings is 1. The van der Waals surface area contributed by atoms with Crippen LogP contribution in [-0.2, 0) is 11.3 Å². The number of aliphatic carboxylic acids is 1. The van der Waals surface area contributed by atoms with Gasteiger partial charge >= 0.3 is 12.0 Å². The van der Waals surface area contributed by atoms with Crippen molar-refractivity contribution >= 4 is 12.0 Å². The highest BCUT2D eigenvalue weighted by molar-refractivity contribution is 5.76. The molecule has 6 nitrogen and oxygen atoms in total. The summed E-state index contributed by atoms with van der Waals surface area (Å²) in [4.78, 5) is 31.0. The van der Waals surface area contributed by atoms with Gasteiger partial charge in [-0.15, -0.1) is 0 Å². The van der Waals surface area contributed by atoms with Gasteiger partial charge in [0.1, 0.15) is 0 Å². The molecule has 2 rings (SSSR count). The topological polar surface area (TPSA) is 73.7 Å². The lowest BCUT2D eigenvalue weighted by Crippen LogP contribution is -2.49. The summed E-state index contributed by atoms with van der Waals surface area (Å²) in [7, 11) is 1.73. The van der Waals surface area contributed by atoms with Crippen molar-refractivity contribution < 1.29 is 14.7 Å². The molecule has 0 aromatic carbocycles. The number of likely N-dealkylation sites (tertiary alicyclic amines) is 1. The summed E-state index contributed by atoms with van der Waals surface area (Å²) in [5.74, 6) is -0.855. The molecule has 0 spiro atoms. The average Bonchev–Trinajstić information content (AvgIpc) is 2.47. The van der Waals surface area contributed by atoms with E-state index in [9.17, 15) is 9.59 Å². The average molecular weight is 291 g/mol. The van der Waals surface area contributed by atoms with Crippen molar-refractivity contribution in [2.75, 3.05) is 13.6 Å². The van der Waals surface area contributed by atoms with Crippen molar-refractivity contribution in [1.29, 1.82) is 0 Å². The molecule has 1 aliphatic heterocycles. The van der Waals surface area contributed by atoms with Crippen LogP contribution in [0.15, 0.2) is 24.4 Å². The van der Waals surface area contributed by atoms with Crippen LogP contribution in [0, 0.1) is 0 Å². The lowest BCUT2D eigenvalue weighted by atomic mass is 10.00. The van der Waals surface area contributed by atoms with E-state index in [1.807, 2.05) is 18.2 Å². The molecule has 1 atom stereocenters.